The number of methoxy groups -OCH3 is 1. The number of amides is 1. The fraction of sp³-hybridized carbons (Fsp3) is 0.186. The zero-order valence-corrected chi connectivity index (χ0v) is 30.3. The number of para-hydroxylation sites is 1. The van der Waals surface area contributed by atoms with Gasteiger partial charge in [-0.3, -0.25) is 14.2 Å². The molecule has 0 spiro atoms. The molecule has 7 nitrogen and oxygen atoms in total. The van der Waals surface area contributed by atoms with Crippen molar-refractivity contribution in [3.05, 3.63) is 163 Å². The molecule has 1 atom stereocenters. The maximum Gasteiger partial charge on any atom is 0.271 e. The molecular weight excluding hydrogens is 653 g/mol. The Labute approximate surface area is 301 Å². The van der Waals surface area contributed by atoms with Gasteiger partial charge in [0, 0.05) is 29.9 Å². The molecule has 8 heteroatoms. The van der Waals surface area contributed by atoms with Gasteiger partial charge in [-0.15, -0.1) is 0 Å². The second-order valence-corrected chi connectivity index (χ2v) is 13.5. The van der Waals surface area contributed by atoms with Crippen LogP contribution in [0.25, 0.3) is 34.3 Å². The number of rotatable bonds is 9. The van der Waals surface area contributed by atoms with Crippen molar-refractivity contribution in [1.82, 2.24) is 14.0 Å². The van der Waals surface area contributed by atoms with Crippen LogP contribution in [0.2, 0.25) is 0 Å². The number of aromatic nitrogens is 2. The minimum Gasteiger partial charge on any atom is -0.496 e. The first-order chi connectivity index (χ1) is 24.8. The molecule has 1 aliphatic heterocycles. The second kappa shape index (κ2) is 14.2. The number of carbonyl (C=O) groups excluding carboxylic acids is 1. The van der Waals surface area contributed by atoms with Crippen molar-refractivity contribution >= 4 is 23.3 Å². The molecule has 0 N–H and O–H groups in total. The third-order valence-electron chi connectivity index (χ3n) is 9.46. The lowest BCUT2D eigenvalue weighted by Gasteiger charge is -2.29. The molecule has 1 aliphatic rings. The fourth-order valence-electron chi connectivity index (χ4n) is 6.92. The molecule has 0 unspecified atom stereocenters. The highest BCUT2D eigenvalue weighted by Gasteiger charge is 2.35. The predicted octanol–water partition coefficient (Wildman–Crippen LogP) is 7.55. The number of likely N-dealkylation sites (N-methyl/N-ethyl adjacent to an activating group) is 1. The van der Waals surface area contributed by atoms with Gasteiger partial charge in [0.2, 0.25) is 0 Å². The standard InChI is InChI=1S/C43H40N4O3S/c1-6-45(7-2)42(49)38-29(4)44-43-47(40(38)34-20-14-15-21-36(34)50-5)41(48)37(51-43)27-32-26-35(30-16-10-8-11-17-30)46(33-24-22-28(3)23-25-33)39(32)31-18-12-9-13-19-31/h8-27,40H,6-7H2,1-5H3/b37-27+/t40-/m1/s1. The van der Waals surface area contributed by atoms with Crippen LogP contribution in [-0.2, 0) is 4.79 Å². The second-order valence-electron chi connectivity index (χ2n) is 12.5. The Hall–Kier alpha value is -5.73. The van der Waals surface area contributed by atoms with Crippen LogP contribution in [0.3, 0.4) is 0 Å². The number of allylic oxidation sites excluding steroid dienone is 1. The third kappa shape index (κ3) is 6.17. The Morgan fingerprint density at radius 3 is 2.14 bits per heavy atom. The third-order valence-corrected chi connectivity index (χ3v) is 10.4. The molecule has 6 aromatic rings. The minimum absolute atomic E-state index is 0.138. The highest BCUT2D eigenvalue weighted by molar-refractivity contribution is 7.07. The molecule has 0 fully saturated rings. The van der Waals surface area contributed by atoms with Crippen molar-refractivity contribution in [1.29, 1.82) is 0 Å². The summed E-state index contributed by atoms with van der Waals surface area (Å²) in [5, 5.41) is 0. The van der Waals surface area contributed by atoms with Gasteiger partial charge in [0.1, 0.15) is 11.8 Å². The van der Waals surface area contributed by atoms with Crippen LogP contribution in [0, 0.1) is 6.92 Å². The van der Waals surface area contributed by atoms with Crippen LogP contribution in [-0.4, -0.2) is 40.1 Å². The lowest BCUT2D eigenvalue weighted by molar-refractivity contribution is -0.127. The lowest BCUT2D eigenvalue weighted by atomic mass is 9.94. The van der Waals surface area contributed by atoms with Gasteiger partial charge in [0.15, 0.2) is 4.80 Å². The summed E-state index contributed by atoms with van der Waals surface area (Å²) in [6.45, 7) is 8.94. The average molecular weight is 693 g/mol. The number of ether oxygens (including phenoxy) is 1. The van der Waals surface area contributed by atoms with E-state index < -0.39 is 6.04 Å². The van der Waals surface area contributed by atoms with E-state index in [0.717, 1.165) is 39.3 Å². The number of thiazole rings is 1. The summed E-state index contributed by atoms with van der Waals surface area (Å²) in [5.41, 5.74) is 8.74. The van der Waals surface area contributed by atoms with Gasteiger partial charge in [-0.2, -0.15) is 0 Å². The molecule has 0 aliphatic carbocycles. The van der Waals surface area contributed by atoms with Crippen molar-refractivity contribution in [2.45, 2.75) is 33.7 Å². The van der Waals surface area contributed by atoms with Crippen LogP contribution in [0.5, 0.6) is 5.75 Å². The fourth-order valence-corrected chi connectivity index (χ4v) is 7.96. The molecule has 1 amide bonds. The SMILES string of the molecule is CCN(CC)C(=O)C1=C(C)N=c2s/c(=C/c3cc(-c4ccccc4)n(-c4ccc(C)cc4)c3-c3ccccc3)c(=O)n2[C@@H]1c1ccccc1OC. The molecule has 0 saturated carbocycles. The number of fused-ring (bicyclic) bond motifs is 1. The van der Waals surface area contributed by atoms with Crippen LogP contribution < -0.4 is 19.6 Å². The number of benzene rings is 4. The number of aryl methyl sites for hydroxylation is 1. The molecule has 51 heavy (non-hydrogen) atoms. The summed E-state index contributed by atoms with van der Waals surface area (Å²) in [6.07, 6.45) is 1.98. The molecule has 256 valence electrons. The number of hydrogen-bond donors (Lipinski definition) is 0. The summed E-state index contributed by atoms with van der Waals surface area (Å²) < 4.78 is 10.3. The lowest BCUT2D eigenvalue weighted by Crippen LogP contribution is -2.43. The molecule has 0 radical (unpaired) electrons. The van der Waals surface area contributed by atoms with Gasteiger partial charge in [-0.05, 0) is 69.2 Å². The van der Waals surface area contributed by atoms with Crippen LogP contribution >= 0.6 is 11.3 Å². The van der Waals surface area contributed by atoms with E-state index in [1.807, 2.05) is 87.5 Å². The predicted molar refractivity (Wildman–Crippen MR) is 206 cm³/mol. The monoisotopic (exact) mass is 692 g/mol. The molecule has 3 heterocycles. The smallest absolute Gasteiger partial charge is 0.271 e. The van der Waals surface area contributed by atoms with Crippen LogP contribution in [0.1, 0.15) is 43.5 Å². The van der Waals surface area contributed by atoms with E-state index in [9.17, 15) is 9.59 Å². The number of hydrogen-bond acceptors (Lipinski definition) is 5. The Balaban J connectivity index is 1.52. The van der Waals surface area contributed by atoms with Gasteiger partial charge in [0.05, 0.1) is 34.3 Å². The molecular formula is C43H40N4O3S. The molecule has 0 bridgehead atoms. The van der Waals surface area contributed by atoms with Gasteiger partial charge in [-0.25, -0.2) is 4.99 Å². The Kier molecular flexibility index (Phi) is 9.43. The molecule has 4 aromatic carbocycles. The minimum atomic E-state index is -0.710. The van der Waals surface area contributed by atoms with Crippen molar-refractivity contribution in [3.63, 3.8) is 0 Å². The van der Waals surface area contributed by atoms with Gasteiger partial charge >= 0.3 is 0 Å². The first-order valence-electron chi connectivity index (χ1n) is 17.2. The normalized spacial score (nSPS) is 14.3. The first-order valence-corrected chi connectivity index (χ1v) is 18.0. The molecule has 7 rings (SSSR count). The largest absolute Gasteiger partial charge is 0.496 e. The Bertz CT molecular complexity index is 2430. The van der Waals surface area contributed by atoms with E-state index in [2.05, 4.69) is 66.1 Å². The maximum atomic E-state index is 14.8. The highest BCUT2D eigenvalue weighted by Crippen LogP contribution is 2.38. The van der Waals surface area contributed by atoms with Gasteiger partial charge in [-0.1, -0.05) is 108 Å². The van der Waals surface area contributed by atoms with Crippen LogP contribution in [0.4, 0.5) is 0 Å². The summed E-state index contributed by atoms with van der Waals surface area (Å²) in [4.78, 5) is 36.2. The quantitative estimate of drug-likeness (QED) is 0.157. The zero-order chi connectivity index (χ0) is 35.6. The summed E-state index contributed by atoms with van der Waals surface area (Å²) >= 11 is 1.34. The first kappa shape index (κ1) is 33.8. The van der Waals surface area contributed by atoms with E-state index in [1.165, 1.54) is 16.9 Å². The maximum absolute atomic E-state index is 14.8. The van der Waals surface area contributed by atoms with Crippen molar-refractivity contribution in [2.24, 2.45) is 4.99 Å². The van der Waals surface area contributed by atoms with Gasteiger partial charge in [0.25, 0.3) is 11.5 Å². The summed E-state index contributed by atoms with van der Waals surface area (Å²) in [6, 6.07) is 38.1. The van der Waals surface area contributed by atoms with E-state index in [0.29, 0.717) is 39.4 Å². The number of carbonyl (C=O) groups is 1. The van der Waals surface area contributed by atoms with Crippen LogP contribution in [0.15, 0.2) is 136 Å². The van der Waals surface area contributed by atoms with E-state index in [4.69, 9.17) is 9.73 Å². The molecule has 2 aromatic heterocycles. The van der Waals surface area contributed by atoms with E-state index in [-0.39, 0.29) is 11.5 Å². The Morgan fingerprint density at radius 2 is 1.49 bits per heavy atom. The Morgan fingerprint density at radius 1 is 0.863 bits per heavy atom. The molecule has 0 saturated heterocycles. The number of nitrogens with zero attached hydrogens (tertiary/aromatic N) is 4. The zero-order valence-electron chi connectivity index (χ0n) is 29.5. The highest BCUT2D eigenvalue weighted by atomic mass is 32.1. The topological polar surface area (TPSA) is 68.8 Å². The average Bonchev–Trinajstić information content (AvgIpc) is 3.69. The van der Waals surface area contributed by atoms with Crippen molar-refractivity contribution in [3.8, 4) is 34.0 Å². The summed E-state index contributed by atoms with van der Waals surface area (Å²) in [7, 11) is 1.61. The van der Waals surface area contributed by atoms with E-state index >= 15 is 0 Å². The summed E-state index contributed by atoms with van der Waals surface area (Å²) in [5.74, 6) is 0.464. The van der Waals surface area contributed by atoms with Crippen molar-refractivity contribution in [2.75, 3.05) is 20.2 Å². The van der Waals surface area contributed by atoms with E-state index in [1.54, 1.807) is 16.6 Å². The van der Waals surface area contributed by atoms with Crippen molar-refractivity contribution < 1.29 is 9.53 Å². The van der Waals surface area contributed by atoms with Gasteiger partial charge < -0.3 is 14.2 Å².